The Hall–Kier alpha value is -2.79. The summed E-state index contributed by atoms with van der Waals surface area (Å²) in [4.78, 5) is 51.8. The minimum atomic E-state index is -1.03. The molecule has 1 aromatic carbocycles. The lowest BCUT2D eigenvalue weighted by molar-refractivity contribution is -0.132. The van der Waals surface area contributed by atoms with Crippen LogP contribution in [-0.4, -0.2) is 70.8 Å². The van der Waals surface area contributed by atoms with E-state index in [1.165, 1.54) is 0 Å². The van der Waals surface area contributed by atoms with E-state index in [1.54, 1.807) is 39.5 Å². The van der Waals surface area contributed by atoms with Crippen LogP contribution >= 0.6 is 11.8 Å². The van der Waals surface area contributed by atoms with Crippen molar-refractivity contribution in [3.63, 3.8) is 0 Å². The summed E-state index contributed by atoms with van der Waals surface area (Å²) in [6, 6.07) is 7.30. The van der Waals surface area contributed by atoms with Gasteiger partial charge in [-0.2, -0.15) is 11.8 Å². The van der Waals surface area contributed by atoms with Crippen molar-refractivity contribution in [2.45, 2.75) is 111 Å². The molecule has 0 aliphatic carbocycles. The molecule has 0 saturated heterocycles. The Balaban J connectivity index is 2.88. The van der Waals surface area contributed by atoms with Crippen LogP contribution in [0.3, 0.4) is 0 Å². The number of nitrogens with one attached hydrogen (secondary N) is 4. The van der Waals surface area contributed by atoms with Gasteiger partial charge in [0.05, 0.1) is 12.1 Å². The molecular weight excluding hydrogens is 568 g/mol. The lowest BCUT2D eigenvalue weighted by Crippen LogP contribution is -2.54. The molecule has 1 rings (SSSR count). The Morgan fingerprint density at radius 2 is 1.51 bits per heavy atom. The topological polar surface area (TPSA) is 146 Å². The van der Waals surface area contributed by atoms with E-state index in [2.05, 4.69) is 21.3 Å². The first kappa shape index (κ1) is 38.2. The molecule has 43 heavy (non-hydrogen) atoms. The van der Waals surface area contributed by atoms with E-state index < -0.39 is 47.7 Å². The number of rotatable bonds is 17. The van der Waals surface area contributed by atoms with Gasteiger partial charge in [0.15, 0.2) is 0 Å². The van der Waals surface area contributed by atoms with Gasteiger partial charge in [0.25, 0.3) is 0 Å². The fourth-order valence-corrected chi connectivity index (χ4v) is 4.89. The van der Waals surface area contributed by atoms with Gasteiger partial charge in [0.2, 0.25) is 17.7 Å². The van der Waals surface area contributed by atoms with Gasteiger partial charge >= 0.3 is 6.09 Å². The van der Waals surface area contributed by atoms with Crippen molar-refractivity contribution in [3.05, 3.63) is 35.9 Å². The van der Waals surface area contributed by atoms with Gasteiger partial charge in [-0.1, -0.05) is 65.0 Å². The first-order valence-corrected chi connectivity index (χ1v) is 16.5. The Labute approximate surface area is 262 Å². The average molecular weight is 623 g/mol. The average Bonchev–Trinajstić information content (AvgIpc) is 2.91. The predicted octanol–water partition coefficient (Wildman–Crippen LogP) is 4.01. The van der Waals surface area contributed by atoms with Gasteiger partial charge in [-0.15, -0.1) is 0 Å². The number of hydrogen-bond donors (Lipinski definition) is 5. The Bertz CT molecular complexity index is 1010. The second kappa shape index (κ2) is 18.8. The zero-order chi connectivity index (χ0) is 32.7. The minimum absolute atomic E-state index is 0.0783. The third-order valence-corrected chi connectivity index (χ3v) is 7.38. The number of carbonyl (C=O) groups excluding carboxylic acids is 4. The summed E-state index contributed by atoms with van der Waals surface area (Å²) >= 11 is 1.55. The maximum absolute atomic E-state index is 13.3. The van der Waals surface area contributed by atoms with Gasteiger partial charge < -0.3 is 31.1 Å². The number of carbonyl (C=O) groups is 4. The van der Waals surface area contributed by atoms with Crippen LogP contribution < -0.4 is 21.3 Å². The van der Waals surface area contributed by atoms with E-state index in [4.69, 9.17) is 4.74 Å². The molecule has 0 fully saturated rings. The predicted molar refractivity (Wildman–Crippen MR) is 172 cm³/mol. The molecule has 5 N–H and O–H groups in total. The van der Waals surface area contributed by atoms with Gasteiger partial charge in [0, 0.05) is 12.5 Å². The highest BCUT2D eigenvalue weighted by atomic mass is 32.2. The third-order valence-electron chi connectivity index (χ3n) is 6.73. The van der Waals surface area contributed by atoms with Gasteiger partial charge in [-0.25, -0.2) is 4.79 Å². The van der Waals surface area contributed by atoms with Gasteiger partial charge in [-0.3, -0.25) is 14.4 Å². The number of benzene rings is 1. The zero-order valence-electron chi connectivity index (χ0n) is 27.4. The molecule has 0 radical (unpaired) electrons. The van der Waals surface area contributed by atoms with Crippen LogP contribution in [0.25, 0.3) is 0 Å². The number of amides is 4. The molecule has 4 amide bonds. The van der Waals surface area contributed by atoms with E-state index in [1.807, 2.05) is 64.3 Å². The lowest BCUT2D eigenvalue weighted by Gasteiger charge is -2.30. The minimum Gasteiger partial charge on any atom is -0.444 e. The number of alkyl carbamates (subject to hydrolysis) is 1. The molecule has 0 saturated carbocycles. The van der Waals surface area contributed by atoms with E-state index in [-0.39, 0.29) is 30.1 Å². The van der Waals surface area contributed by atoms with Crippen molar-refractivity contribution < 1.29 is 29.0 Å². The van der Waals surface area contributed by atoms with E-state index >= 15 is 0 Å². The van der Waals surface area contributed by atoms with Crippen molar-refractivity contribution in [2.75, 3.05) is 12.0 Å². The molecule has 244 valence electrons. The van der Waals surface area contributed by atoms with Crippen LogP contribution in [0.4, 0.5) is 4.79 Å². The summed E-state index contributed by atoms with van der Waals surface area (Å²) in [6.07, 6.45) is 1.14. The number of thioether (sulfide) groups is 1. The molecule has 11 heteroatoms. The van der Waals surface area contributed by atoms with Crippen molar-refractivity contribution in [2.24, 2.45) is 17.8 Å². The molecule has 0 heterocycles. The molecule has 0 aromatic heterocycles. The zero-order valence-corrected chi connectivity index (χ0v) is 28.2. The Morgan fingerprint density at radius 3 is 2.05 bits per heavy atom. The summed E-state index contributed by atoms with van der Waals surface area (Å²) in [5, 5.41) is 22.5. The van der Waals surface area contributed by atoms with Crippen LogP contribution in [0.2, 0.25) is 0 Å². The maximum atomic E-state index is 13.3. The SMILES string of the molecule is CSCCC(NC(=O)OC(C)(C)C)C(=O)N[C@@H](CC(C)C)C(O)CC(C)C(=O)N[C@H](C(=O)NCc1ccccc1)C(C)C. The number of hydrogen-bond acceptors (Lipinski definition) is 7. The fourth-order valence-electron chi connectivity index (χ4n) is 4.42. The number of aliphatic hydroxyl groups is 1. The van der Waals surface area contributed by atoms with Gasteiger partial charge in [0.1, 0.15) is 17.7 Å². The molecule has 0 aliphatic heterocycles. The highest BCUT2D eigenvalue weighted by molar-refractivity contribution is 7.98. The van der Waals surface area contributed by atoms with Crippen LogP contribution in [0.15, 0.2) is 30.3 Å². The van der Waals surface area contributed by atoms with Gasteiger partial charge in [-0.05, 0) is 69.4 Å². The maximum Gasteiger partial charge on any atom is 0.408 e. The third kappa shape index (κ3) is 15.5. The molecule has 0 aliphatic rings. The largest absolute Gasteiger partial charge is 0.444 e. The second-order valence-corrected chi connectivity index (χ2v) is 13.8. The van der Waals surface area contributed by atoms with Crippen LogP contribution in [0, 0.1) is 17.8 Å². The first-order chi connectivity index (χ1) is 20.0. The molecule has 0 spiro atoms. The standard InChI is InChI=1S/C32H54N4O6S/c1-20(2)17-25(34-29(39)24(15-16-43-9)35-31(41)42-32(6,7)8)26(37)18-22(5)28(38)36-27(21(3)4)30(40)33-19-23-13-11-10-12-14-23/h10-14,20-22,24-27,37H,15-19H2,1-9H3,(H,33,40)(H,34,39)(H,35,41)(H,36,38)/t22?,24?,25-,26?,27-/m0/s1. The highest BCUT2D eigenvalue weighted by Crippen LogP contribution is 2.17. The Morgan fingerprint density at radius 1 is 0.884 bits per heavy atom. The monoisotopic (exact) mass is 622 g/mol. The summed E-state index contributed by atoms with van der Waals surface area (Å²) in [5.41, 5.74) is 0.242. The summed E-state index contributed by atoms with van der Waals surface area (Å²) < 4.78 is 5.34. The highest BCUT2D eigenvalue weighted by Gasteiger charge is 2.32. The molecule has 3 unspecified atom stereocenters. The van der Waals surface area contributed by atoms with Crippen molar-refractivity contribution >= 4 is 35.6 Å². The van der Waals surface area contributed by atoms with Crippen molar-refractivity contribution in [1.82, 2.24) is 21.3 Å². The fraction of sp³-hybridized carbons (Fsp3) is 0.688. The first-order valence-electron chi connectivity index (χ1n) is 15.1. The van der Waals surface area contributed by atoms with Crippen LogP contribution in [0.5, 0.6) is 0 Å². The molecule has 0 bridgehead atoms. The van der Waals surface area contributed by atoms with Crippen molar-refractivity contribution in [1.29, 1.82) is 0 Å². The smallest absolute Gasteiger partial charge is 0.408 e. The van der Waals surface area contributed by atoms with Crippen LogP contribution in [-0.2, 0) is 25.7 Å². The molecule has 5 atom stereocenters. The molecular formula is C32H54N4O6S. The Kier molecular flexibility index (Phi) is 16.7. The molecule has 10 nitrogen and oxygen atoms in total. The quantitative estimate of drug-likeness (QED) is 0.177. The summed E-state index contributed by atoms with van der Waals surface area (Å²) in [6.45, 7) is 15.0. The second-order valence-electron chi connectivity index (χ2n) is 12.9. The van der Waals surface area contributed by atoms with Crippen LogP contribution in [0.1, 0.15) is 80.2 Å². The normalized spacial score (nSPS) is 15.2. The summed E-state index contributed by atoms with van der Waals surface area (Å²) in [5.74, 6) is -1.05. The van der Waals surface area contributed by atoms with E-state index in [0.717, 1.165) is 5.56 Å². The van der Waals surface area contributed by atoms with E-state index in [0.29, 0.717) is 25.1 Å². The van der Waals surface area contributed by atoms with E-state index in [9.17, 15) is 24.3 Å². The molecule has 1 aromatic rings. The lowest BCUT2D eigenvalue weighted by atomic mass is 9.91. The van der Waals surface area contributed by atoms with Crippen molar-refractivity contribution in [3.8, 4) is 0 Å². The number of aliphatic hydroxyl groups excluding tert-OH is 1. The summed E-state index contributed by atoms with van der Waals surface area (Å²) in [7, 11) is 0. The number of ether oxygens (including phenoxy) is 1.